The summed E-state index contributed by atoms with van der Waals surface area (Å²) >= 11 is 0. The quantitative estimate of drug-likeness (QED) is 0.153. The molecule has 35 heavy (non-hydrogen) atoms. The van der Waals surface area contributed by atoms with Gasteiger partial charge in [-0.05, 0) is 43.7 Å². The summed E-state index contributed by atoms with van der Waals surface area (Å²) in [6, 6.07) is 9.39. The number of carbonyl (C=O) groups excluding carboxylic acids is 2. The van der Waals surface area contributed by atoms with E-state index in [1.807, 2.05) is 30.3 Å². The number of halogens is 5. The summed E-state index contributed by atoms with van der Waals surface area (Å²) in [6.07, 6.45) is 0.812. The first kappa shape index (κ1) is 26.1. The molecular formula is C24H22F5NO5. The van der Waals surface area contributed by atoms with Gasteiger partial charge in [0, 0.05) is 6.54 Å². The van der Waals surface area contributed by atoms with Crippen molar-refractivity contribution in [3.63, 3.8) is 0 Å². The molecule has 0 saturated heterocycles. The summed E-state index contributed by atoms with van der Waals surface area (Å²) in [5.41, 5.74) is -0.768. The van der Waals surface area contributed by atoms with Crippen molar-refractivity contribution in [1.82, 2.24) is 5.32 Å². The minimum atomic E-state index is -2.40. The van der Waals surface area contributed by atoms with E-state index in [0.717, 1.165) is 5.56 Å². The normalized spacial score (nSPS) is 20.9. The Kier molecular flexibility index (Phi) is 8.44. The first-order chi connectivity index (χ1) is 16.6. The van der Waals surface area contributed by atoms with Crippen LogP contribution >= 0.6 is 0 Å². The maximum atomic E-state index is 13.7. The molecule has 0 aromatic heterocycles. The molecule has 2 atom stereocenters. The fourth-order valence-electron chi connectivity index (χ4n) is 3.53. The highest BCUT2D eigenvalue weighted by Crippen LogP contribution is 2.30. The van der Waals surface area contributed by atoms with E-state index in [1.54, 1.807) is 0 Å². The molecule has 2 aromatic rings. The topological polar surface area (TPSA) is 84.9 Å². The molecule has 1 aliphatic rings. The van der Waals surface area contributed by atoms with E-state index in [-0.39, 0.29) is 32.2 Å². The minimum absolute atomic E-state index is 0.0781. The van der Waals surface area contributed by atoms with Crippen LogP contribution in [0, 0.1) is 29.1 Å². The summed E-state index contributed by atoms with van der Waals surface area (Å²) < 4.78 is 76.3. The Labute approximate surface area is 197 Å². The summed E-state index contributed by atoms with van der Waals surface area (Å²) in [7, 11) is 0. The Bertz CT molecular complexity index is 1080. The Morgan fingerprint density at radius 2 is 1.60 bits per heavy atom. The second-order valence-corrected chi connectivity index (χ2v) is 7.94. The molecular weight excluding hydrogens is 477 g/mol. The van der Waals surface area contributed by atoms with Crippen LogP contribution < -0.4 is 10.1 Å². The van der Waals surface area contributed by atoms with Gasteiger partial charge >= 0.3 is 6.16 Å². The molecule has 2 N–H and O–H groups in total. The number of nitrogens with one attached hydrogen (secondary N) is 1. The molecule has 11 heteroatoms. The van der Waals surface area contributed by atoms with Crippen LogP contribution in [0.25, 0.3) is 0 Å². The van der Waals surface area contributed by atoms with E-state index >= 15 is 0 Å². The monoisotopic (exact) mass is 499 g/mol. The zero-order valence-corrected chi connectivity index (χ0v) is 18.3. The Hall–Kier alpha value is -3.47. The molecule has 6 nitrogen and oxygen atoms in total. The van der Waals surface area contributed by atoms with Gasteiger partial charge in [0.1, 0.15) is 11.7 Å². The highest BCUT2D eigenvalue weighted by molar-refractivity contribution is 5.84. The number of allylic oxidation sites excluding steroid dienone is 1. The van der Waals surface area contributed by atoms with Crippen molar-refractivity contribution in [2.24, 2.45) is 0 Å². The van der Waals surface area contributed by atoms with Gasteiger partial charge in [0.25, 0.3) is 5.91 Å². The number of amides is 1. The lowest BCUT2D eigenvalue weighted by atomic mass is 9.87. The van der Waals surface area contributed by atoms with Gasteiger partial charge in [-0.25, -0.2) is 18.0 Å². The Morgan fingerprint density at radius 1 is 0.971 bits per heavy atom. The fourth-order valence-corrected chi connectivity index (χ4v) is 3.53. The predicted octanol–water partition coefficient (Wildman–Crippen LogP) is 4.49. The number of carbonyl (C=O) groups is 2. The third-order valence-electron chi connectivity index (χ3n) is 5.48. The van der Waals surface area contributed by atoms with Crippen molar-refractivity contribution in [3.8, 4) is 5.75 Å². The number of hydrogen-bond acceptors (Lipinski definition) is 5. The highest BCUT2D eigenvalue weighted by Gasteiger charge is 2.37. The van der Waals surface area contributed by atoms with Gasteiger partial charge in [-0.1, -0.05) is 36.4 Å². The smallest absolute Gasteiger partial charge is 0.426 e. The maximum absolute atomic E-state index is 13.7. The third-order valence-corrected chi connectivity index (χ3v) is 5.48. The van der Waals surface area contributed by atoms with Crippen molar-refractivity contribution < 1.29 is 46.1 Å². The molecule has 1 aliphatic carbocycles. The van der Waals surface area contributed by atoms with E-state index in [4.69, 9.17) is 4.74 Å². The van der Waals surface area contributed by atoms with E-state index in [9.17, 15) is 36.6 Å². The summed E-state index contributed by atoms with van der Waals surface area (Å²) in [4.78, 5) is 24.6. The van der Waals surface area contributed by atoms with Crippen LogP contribution in [0.1, 0.15) is 31.2 Å². The summed E-state index contributed by atoms with van der Waals surface area (Å²) in [5, 5.41) is 13.5. The van der Waals surface area contributed by atoms with Crippen LogP contribution in [-0.4, -0.2) is 35.4 Å². The van der Waals surface area contributed by atoms with Gasteiger partial charge in [0.05, 0.1) is 0 Å². The predicted molar refractivity (Wildman–Crippen MR) is 113 cm³/mol. The van der Waals surface area contributed by atoms with Crippen LogP contribution in [0.5, 0.6) is 5.75 Å². The number of rotatable bonds is 6. The fraction of sp³-hybridized carbons (Fsp3) is 0.333. The van der Waals surface area contributed by atoms with E-state index in [2.05, 4.69) is 10.1 Å². The van der Waals surface area contributed by atoms with Crippen LogP contribution in [0.15, 0.2) is 42.5 Å². The molecule has 0 bridgehead atoms. The van der Waals surface area contributed by atoms with Crippen molar-refractivity contribution in [1.29, 1.82) is 0 Å². The van der Waals surface area contributed by atoms with Crippen molar-refractivity contribution >= 4 is 12.1 Å². The SMILES string of the molecule is O=C(Oc1c(F)c(F)c(F)c(F)c1F)O[C@@H]1/C=C/CC[C@](O)(C(=O)NCCc2ccccc2)CC1. The van der Waals surface area contributed by atoms with Gasteiger partial charge in [-0.3, -0.25) is 4.79 Å². The molecule has 0 aliphatic heterocycles. The second kappa shape index (κ2) is 11.3. The molecule has 0 fully saturated rings. The zero-order chi connectivity index (χ0) is 25.6. The average molecular weight is 499 g/mol. The zero-order valence-electron chi connectivity index (χ0n) is 18.3. The van der Waals surface area contributed by atoms with Gasteiger partial charge < -0.3 is 19.9 Å². The van der Waals surface area contributed by atoms with E-state index in [0.29, 0.717) is 6.42 Å². The van der Waals surface area contributed by atoms with Crippen molar-refractivity contribution in [3.05, 3.63) is 77.1 Å². The average Bonchev–Trinajstić information content (AvgIpc) is 2.84. The van der Waals surface area contributed by atoms with Crippen LogP contribution in [0.2, 0.25) is 0 Å². The first-order valence-corrected chi connectivity index (χ1v) is 10.7. The highest BCUT2D eigenvalue weighted by atomic mass is 19.2. The summed E-state index contributed by atoms with van der Waals surface area (Å²) in [5.74, 6) is -14.0. The Balaban J connectivity index is 1.58. The van der Waals surface area contributed by atoms with Crippen LogP contribution in [-0.2, 0) is 16.0 Å². The molecule has 3 rings (SSSR count). The van der Waals surface area contributed by atoms with Gasteiger partial charge in [0.2, 0.25) is 34.8 Å². The van der Waals surface area contributed by atoms with Crippen LogP contribution in [0.3, 0.4) is 0 Å². The van der Waals surface area contributed by atoms with Crippen LogP contribution in [0.4, 0.5) is 26.7 Å². The van der Waals surface area contributed by atoms with Crippen molar-refractivity contribution in [2.45, 2.75) is 43.8 Å². The van der Waals surface area contributed by atoms with Gasteiger partial charge in [-0.15, -0.1) is 0 Å². The lowest BCUT2D eigenvalue weighted by Crippen LogP contribution is -2.48. The molecule has 0 radical (unpaired) electrons. The molecule has 0 unspecified atom stereocenters. The summed E-state index contributed by atoms with van der Waals surface area (Å²) in [6.45, 7) is 0.287. The van der Waals surface area contributed by atoms with Crippen molar-refractivity contribution in [2.75, 3.05) is 6.54 Å². The van der Waals surface area contributed by atoms with E-state index < -0.39 is 58.6 Å². The van der Waals surface area contributed by atoms with E-state index in [1.165, 1.54) is 12.2 Å². The number of hydrogen-bond donors (Lipinski definition) is 2. The first-order valence-electron chi connectivity index (χ1n) is 10.7. The number of benzene rings is 2. The second-order valence-electron chi connectivity index (χ2n) is 7.94. The molecule has 0 saturated carbocycles. The number of ether oxygens (including phenoxy) is 2. The molecule has 2 aromatic carbocycles. The van der Waals surface area contributed by atoms with Gasteiger partial charge in [-0.2, -0.15) is 8.78 Å². The third kappa shape index (κ3) is 6.36. The van der Waals surface area contributed by atoms with Gasteiger partial charge in [0.15, 0.2) is 0 Å². The maximum Gasteiger partial charge on any atom is 0.514 e. The minimum Gasteiger partial charge on any atom is -0.426 e. The largest absolute Gasteiger partial charge is 0.514 e. The molecule has 0 heterocycles. The molecule has 188 valence electrons. The lowest BCUT2D eigenvalue weighted by Gasteiger charge is -2.29. The number of aliphatic hydroxyl groups is 1. The molecule has 0 spiro atoms. The molecule has 1 amide bonds. The lowest BCUT2D eigenvalue weighted by molar-refractivity contribution is -0.141. The standard InChI is InChI=1S/C24H22F5NO5/c25-16-17(26)19(28)21(20(29)18(16)27)35-23(32)34-15-8-4-5-11-24(33,12-9-15)22(31)30-13-10-14-6-2-1-3-7-14/h1-4,6-8,15,33H,5,9-13H2,(H,30,31)/b8-4+/t15-,24-/m1/s1. The Morgan fingerprint density at radius 3 is 2.26 bits per heavy atom.